The van der Waals surface area contributed by atoms with Crippen LogP contribution in [0.2, 0.25) is 0 Å². The second-order valence-corrected chi connectivity index (χ2v) is 5.66. The molecule has 1 unspecified atom stereocenters. The molecule has 2 nitrogen and oxygen atoms in total. The summed E-state index contributed by atoms with van der Waals surface area (Å²) in [5.41, 5.74) is 5.39. The van der Waals surface area contributed by atoms with Gasteiger partial charge in [0.25, 0.3) is 0 Å². The highest BCUT2D eigenvalue weighted by Gasteiger charge is 2.33. The van der Waals surface area contributed by atoms with Gasteiger partial charge < -0.3 is 9.69 Å². The van der Waals surface area contributed by atoms with Crippen molar-refractivity contribution in [2.24, 2.45) is 0 Å². The zero-order valence-corrected chi connectivity index (χ0v) is 12.6. The van der Waals surface area contributed by atoms with Crippen molar-refractivity contribution < 1.29 is 9.18 Å². The van der Waals surface area contributed by atoms with E-state index in [1.54, 1.807) is 12.1 Å². The van der Waals surface area contributed by atoms with Crippen molar-refractivity contribution in [2.75, 3.05) is 0 Å². The average molecular weight is 295 g/mol. The lowest BCUT2D eigenvalue weighted by Gasteiger charge is -2.27. The summed E-state index contributed by atoms with van der Waals surface area (Å²) in [6, 6.07) is 12.6. The van der Waals surface area contributed by atoms with Crippen LogP contribution in [0, 0.1) is 12.7 Å². The molecule has 0 saturated heterocycles. The molecule has 0 saturated carbocycles. The standard InChI is InChI=1S/C19H18FNO/c1-13-4-3-5-17-14(2)21(18(10-11-22)19(13)17)12-15-6-8-16(20)9-7-15/h3-9,11,18H,2,10,12H2,1H3. The van der Waals surface area contributed by atoms with E-state index >= 15 is 0 Å². The van der Waals surface area contributed by atoms with Gasteiger partial charge in [0.05, 0.1) is 6.04 Å². The van der Waals surface area contributed by atoms with Crippen molar-refractivity contribution in [3.63, 3.8) is 0 Å². The minimum Gasteiger partial charge on any atom is -0.360 e. The molecule has 0 N–H and O–H groups in total. The molecule has 0 spiro atoms. The van der Waals surface area contributed by atoms with Gasteiger partial charge in [0.2, 0.25) is 0 Å². The predicted molar refractivity (Wildman–Crippen MR) is 85.6 cm³/mol. The van der Waals surface area contributed by atoms with Crippen molar-refractivity contribution in [1.82, 2.24) is 4.90 Å². The molecule has 0 bridgehead atoms. The quantitative estimate of drug-likeness (QED) is 0.786. The van der Waals surface area contributed by atoms with E-state index in [9.17, 15) is 9.18 Å². The van der Waals surface area contributed by atoms with Crippen molar-refractivity contribution in [3.05, 3.63) is 77.1 Å². The molecule has 0 amide bonds. The zero-order valence-electron chi connectivity index (χ0n) is 12.6. The first-order valence-electron chi connectivity index (χ1n) is 7.35. The molecule has 0 aromatic heterocycles. The molecule has 112 valence electrons. The Labute approximate surface area is 129 Å². The van der Waals surface area contributed by atoms with E-state index < -0.39 is 0 Å². The van der Waals surface area contributed by atoms with Crippen molar-refractivity contribution in [2.45, 2.75) is 25.9 Å². The van der Waals surface area contributed by atoms with Crippen molar-refractivity contribution >= 4 is 12.0 Å². The molecule has 1 aliphatic rings. The molecule has 2 aromatic rings. The third-order valence-corrected chi connectivity index (χ3v) is 4.28. The van der Waals surface area contributed by atoms with Crippen LogP contribution in [0.5, 0.6) is 0 Å². The summed E-state index contributed by atoms with van der Waals surface area (Å²) in [6.45, 7) is 6.88. The fourth-order valence-electron chi connectivity index (χ4n) is 3.20. The fraction of sp³-hybridized carbons (Fsp3) is 0.211. The number of carbonyl (C=O) groups excluding carboxylic acids is 1. The minimum absolute atomic E-state index is 0.00579. The monoisotopic (exact) mass is 295 g/mol. The van der Waals surface area contributed by atoms with E-state index in [2.05, 4.69) is 24.5 Å². The maximum absolute atomic E-state index is 13.1. The first-order valence-corrected chi connectivity index (χ1v) is 7.35. The Morgan fingerprint density at radius 3 is 2.64 bits per heavy atom. The van der Waals surface area contributed by atoms with Crippen LogP contribution in [-0.4, -0.2) is 11.2 Å². The first kappa shape index (κ1) is 14.5. The lowest BCUT2D eigenvalue weighted by Crippen LogP contribution is -2.21. The maximum atomic E-state index is 13.1. The largest absolute Gasteiger partial charge is 0.360 e. The molecule has 0 radical (unpaired) electrons. The lowest BCUT2D eigenvalue weighted by atomic mass is 9.97. The van der Waals surface area contributed by atoms with Gasteiger partial charge in [0, 0.05) is 24.2 Å². The molecule has 3 rings (SSSR count). The van der Waals surface area contributed by atoms with E-state index in [1.807, 2.05) is 12.1 Å². The van der Waals surface area contributed by atoms with Crippen LogP contribution in [0.1, 0.15) is 34.7 Å². The Morgan fingerprint density at radius 1 is 1.23 bits per heavy atom. The van der Waals surface area contributed by atoms with E-state index in [-0.39, 0.29) is 11.9 Å². The van der Waals surface area contributed by atoms with Crippen LogP contribution < -0.4 is 0 Å². The molecule has 3 heteroatoms. The van der Waals surface area contributed by atoms with Gasteiger partial charge in [-0.1, -0.05) is 36.9 Å². The number of hydrogen-bond donors (Lipinski definition) is 0. The molecular weight excluding hydrogens is 277 g/mol. The lowest BCUT2D eigenvalue weighted by molar-refractivity contribution is -0.108. The molecule has 1 heterocycles. The number of rotatable bonds is 4. The molecule has 22 heavy (non-hydrogen) atoms. The summed E-state index contributed by atoms with van der Waals surface area (Å²) < 4.78 is 13.1. The minimum atomic E-state index is -0.243. The third-order valence-electron chi connectivity index (χ3n) is 4.28. The SMILES string of the molecule is C=C1c2cccc(C)c2C(CC=O)N1Cc1ccc(F)cc1. The summed E-state index contributed by atoms with van der Waals surface area (Å²) >= 11 is 0. The number of fused-ring (bicyclic) bond motifs is 1. The number of benzene rings is 2. The normalized spacial score (nSPS) is 16.7. The van der Waals surface area contributed by atoms with Gasteiger partial charge >= 0.3 is 0 Å². The first-order chi connectivity index (χ1) is 10.6. The summed E-state index contributed by atoms with van der Waals surface area (Å²) in [4.78, 5) is 13.3. The number of nitrogens with zero attached hydrogens (tertiary/aromatic N) is 1. The molecular formula is C19H18FNO. The number of aryl methyl sites for hydroxylation is 1. The van der Waals surface area contributed by atoms with Crippen LogP contribution >= 0.6 is 0 Å². The van der Waals surface area contributed by atoms with Gasteiger partial charge in [0.15, 0.2) is 0 Å². The third kappa shape index (κ3) is 2.43. The van der Waals surface area contributed by atoms with Crippen molar-refractivity contribution in [3.8, 4) is 0 Å². The molecule has 2 aromatic carbocycles. The Bertz CT molecular complexity index is 721. The molecule has 1 aliphatic heterocycles. The zero-order chi connectivity index (χ0) is 15.7. The fourth-order valence-corrected chi connectivity index (χ4v) is 3.20. The second kappa shape index (κ2) is 5.76. The van der Waals surface area contributed by atoms with Crippen LogP contribution in [-0.2, 0) is 11.3 Å². The highest BCUT2D eigenvalue weighted by Crippen LogP contribution is 2.44. The second-order valence-electron chi connectivity index (χ2n) is 5.66. The smallest absolute Gasteiger partial charge is 0.123 e. The summed E-state index contributed by atoms with van der Waals surface area (Å²) in [6.07, 6.45) is 1.38. The number of halogens is 1. The van der Waals surface area contributed by atoms with E-state index in [0.29, 0.717) is 13.0 Å². The van der Waals surface area contributed by atoms with Gasteiger partial charge in [-0.3, -0.25) is 0 Å². The Balaban J connectivity index is 1.97. The van der Waals surface area contributed by atoms with Crippen LogP contribution in [0.25, 0.3) is 5.70 Å². The Morgan fingerprint density at radius 2 is 1.95 bits per heavy atom. The van der Waals surface area contributed by atoms with Crippen LogP contribution in [0.4, 0.5) is 4.39 Å². The molecule has 0 fully saturated rings. The van der Waals surface area contributed by atoms with Gasteiger partial charge in [-0.2, -0.15) is 0 Å². The Hall–Kier alpha value is -2.42. The van der Waals surface area contributed by atoms with Crippen LogP contribution in [0.15, 0.2) is 49.0 Å². The van der Waals surface area contributed by atoms with E-state index in [4.69, 9.17) is 0 Å². The average Bonchev–Trinajstić information content (AvgIpc) is 2.77. The molecule has 0 aliphatic carbocycles. The summed E-state index contributed by atoms with van der Waals surface area (Å²) in [7, 11) is 0. The van der Waals surface area contributed by atoms with Gasteiger partial charge in [-0.25, -0.2) is 4.39 Å². The number of aldehydes is 1. The van der Waals surface area contributed by atoms with Gasteiger partial charge in [-0.05, 0) is 35.7 Å². The topological polar surface area (TPSA) is 20.3 Å². The van der Waals surface area contributed by atoms with E-state index in [0.717, 1.165) is 23.1 Å². The Kier molecular flexibility index (Phi) is 3.80. The van der Waals surface area contributed by atoms with Gasteiger partial charge in [-0.15, -0.1) is 0 Å². The highest BCUT2D eigenvalue weighted by atomic mass is 19.1. The summed E-state index contributed by atoms with van der Waals surface area (Å²) in [5, 5.41) is 0. The van der Waals surface area contributed by atoms with E-state index in [1.165, 1.54) is 23.3 Å². The predicted octanol–water partition coefficient (Wildman–Crippen LogP) is 4.25. The van der Waals surface area contributed by atoms with Gasteiger partial charge in [0.1, 0.15) is 12.1 Å². The highest BCUT2D eigenvalue weighted by molar-refractivity contribution is 5.73. The van der Waals surface area contributed by atoms with Crippen molar-refractivity contribution in [1.29, 1.82) is 0 Å². The number of carbonyl (C=O) groups is 1. The summed E-state index contributed by atoms with van der Waals surface area (Å²) in [5.74, 6) is -0.243. The number of hydrogen-bond acceptors (Lipinski definition) is 2. The molecule has 1 atom stereocenters. The maximum Gasteiger partial charge on any atom is 0.123 e. The van der Waals surface area contributed by atoms with Crippen LogP contribution in [0.3, 0.4) is 0 Å².